The molecule has 0 spiro atoms. The molecular formula is C19H35NO2S. The molecular weight excluding hydrogens is 306 g/mol. The predicted molar refractivity (Wildman–Crippen MR) is 99.7 cm³/mol. The molecule has 0 radical (unpaired) electrons. The number of nitrogens with zero attached hydrogens (tertiary/aromatic N) is 1. The molecule has 0 aromatic heterocycles. The molecule has 1 aliphatic heterocycles. The molecule has 0 saturated carbocycles. The number of carbonyl (C=O) groups excluding carboxylic acids is 2. The van der Waals surface area contributed by atoms with Crippen molar-refractivity contribution in [3.8, 4) is 0 Å². The number of imide groups is 1. The van der Waals surface area contributed by atoms with Gasteiger partial charge in [0.05, 0.1) is 0 Å². The Balaban J connectivity index is 2.13. The molecule has 0 aliphatic carbocycles. The van der Waals surface area contributed by atoms with E-state index in [-0.39, 0.29) is 11.8 Å². The standard InChI is InChI=1S/C19H35NO2S/c1-3-5-12-17(11-4-2)23-16-10-6-9-15-20-18(21)13-7-8-14-19(20)22/h17H,3-16H2,1-2H3. The molecule has 2 amide bonds. The van der Waals surface area contributed by atoms with Crippen LogP contribution in [0.1, 0.15) is 90.9 Å². The van der Waals surface area contributed by atoms with Crippen LogP contribution in [0.5, 0.6) is 0 Å². The summed E-state index contributed by atoms with van der Waals surface area (Å²) in [5, 5.41) is 0.828. The first-order chi connectivity index (χ1) is 11.2. The first-order valence-electron chi connectivity index (χ1n) is 9.63. The van der Waals surface area contributed by atoms with E-state index in [1.807, 2.05) is 0 Å². The highest BCUT2D eigenvalue weighted by molar-refractivity contribution is 7.99. The summed E-state index contributed by atoms with van der Waals surface area (Å²) >= 11 is 2.13. The Morgan fingerprint density at radius 1 is 0.913 bits per heavy atom. The van der Waals surface area contributed by atoms with Crippen molar-refractivity contribution >= 4 is 23.6 Å². The van der Waals surface area contributed by atoms with Gasteiger partial charge in [0.2, 0.25) is 11.8 Å². The summed E-state index contributed by atoms with van der Waals surface area (Å²) in [4.78, 5) is 25.3. The Hall–Kier alpha value is -0.510. The zero-order valence-corrected chi connectivity index (χ0v) is 16.0. The van der Waals surface area contributed by atoms with E-state index in [1.54, 1.807) is 0 Å². The summed E-state index contributed by atoms with van der Waals surface area (Å²) < 4.78 is 0. The van der Waals surface area contributed by atoms with Gasteiger partial charge in [0.15, 0.2) is 0 Å². The van der Waals surface area contributed by atoms with Crippen molar-refractivity contribution in [3.63, 3.8) is 0 Å². The molecule has 0 aromatic carbocycles. The zero-order chi connectivity index (χ0) is 16.9. The van der Waals surface area contributed by atoms with Gasteiger partial charge in [-0.3, -0.25) is 14.5 Å². The van der Waals surface area contributed by atoms with Gasteiger partial charge in [0.25, 0.3) is 0 Å². The monoisotopic (exact) mass is 341 g/mol. The number of likely N-dealkylation sites (tertiary alicyclic amines) is 1. The summed E-state index contributed by atoms with van der Waals surface area (Å²) in [6.45, 7) is 5.17. The minimum Gasteiger partial charge on any atom is -0.283 e. The second-order valence-corrected chi connectivity index (χ2v) is 8.04. The van der Waals surface area contributed by atoms with Crippen molar-refractivity contribution in [2.45, 2.75) is 96.1 Å². The Bertz CT molecular complexity index is 328. The van der Waals surface area contributed by atoms with Gasteiger partial charge in [0.1, 0.15) is 0 Å². The van der Waals surface area contributed by atoms with Crippen LogP contribution in [0.3, 0.4) is 0 Å². The first-order valence-corrected chi connectivity index (χ1v) is 10.7. The van der Waals surface area contributed by atoms with Gasteiger partial charge in [-0.05, 0) is 44.3 Å². The van der Waals surface area contributed by atoms with Crippen LogP contribution in [0.4, 0.5) is 0 Å². The molecule has 1 rings (SSSR count). The smallest absolute Gasteiger partial charge is 0.229 e. The minimum absolute atomic E-state index is 0.0458. The van der Waals surface area contributed by atoms with Crippen molar-refractivity contribution in [3.05, 3.63) is 0 Å². The number of amides is 2. The van der Waals surface area contributed by atoms with Crippen molar-refractivity contribution in [2.24, 2.45) is 0 Å². The van der Waals surface area contributed by atoms with E-state index in [4.69, 9.17) is 0 Å². The first kappa shape index (κ1) is 20.5. The van der Waals surface area contributed by atoms with Gasteiger partial charge in [-0.15, -0.1) is 0 Å². The van der Waals surface area contributed by atoms with E-state index < -0.39 is 0 Å². The summed E-state index contributed by atoms with van der Waals surface area (Å²) in [6, 6.07) is 0. The molecule has 23 heavy (non-hydrogen) atoms. The van der Waals surface area contributed by atoms with E-state index in [0.29, 0.717) is 19.4 Å². The Morgan fingerprint density at radius 2 is 1.61 bits per heavy atom. The second-order valence-electron chi connectivity index (χ2n) is 6.63. The van der Waals surface area contributed by atoms with E-state index in [1.165, 1.54) is 49.2 Å². The predicted octanol–water partition coefficient (Wildman–Crippen LogP) is 5.18. The Morgan fingerprint density at radius 3 is 2.22 bits per heavy atom. The summed E-state index contributed by atoms with van der Waals surface area (Å²) in [5.41, 5.74) is 0. The van der Waals surface area contributed by atoms with Crippen molar-refractivity contribution < 1.29 is 9.59 Å². The van der Waals surface area contributed by atoms with Crippen LogP contribution >= 0.6 is 11.8 Å². The largest absolute Gasteiger partial charge is 0.283 e. The maximum absolute atomic E-state index is 11.9. The Labute approximate surface area is 147 Å². The van der Waals surface area contributed by atoms with Crippen LogP contribution in [-0.2, 0) is 9.59 Å². The summed E-state index contributed by atoms with van der Waals surface area (Å²) in [7, 11) is 0. The molecule has 0 N–H and O–H groups in total. The molecule has 4 heteroatoms. The van der Waals surface area contributed by atoms with Crippen molar-refractivity contribution in [2.75, 3.05) is 12.3 Å². The third-order valence-corrected chi connectivity index (χ3v) is 5.97. The average molecular weight is 342 g/mol. The quantitative estimate of drug-likeness (QED) is 0.363. The highest BCUT2D eigenvalue weighted by atomic mass is 32.2. The van der Waals surface area contributed by atoms with E-state index in [9.17, 15) is 9.59 Å². The van der Waals surface area contributed by atoms with Crippen LogP contribution in [0, 0.1) is 0 Å². The zero-order valence-electron chi connectivity index (χ0n) is 15.1. The molecule has 1 heterocycles. The van der Waals surface area contributed by atoms with Crippen LogP contribution < -0.4 is 0 Å². The Kier molecular flexibility index (Phi) is 11.5. The summed E-state index contributed by atoms with van der Waals surface area (Å²) in [6.07, 6.45) is 12.7. The van der Waals surface area contributed by atoms with Gasteiger partial charge >= 0.3 is 0 Å². The molecule has 1 atom stereocenters. The van der Waals surface area contributed by atoms with Gasteiger partial charge < -0.3 is 0 Å². The van der Waals surface area contributed by atoms with Crippen molar-refractivity contribution in [1.82, 2.24) is 4.90 Å². The average Bonchev–Trinajstić information content (AvgIpc) is 2.70. The molecule has 1 saturated heterocycles. The lowest BCUT2D eigenvalue weighted by molar-refractivity contribution is -0.143. The number of thioether (sulfide) groups is 1. The highest BCUT2D eigenvalue weighted by Crippen LogP contribution is 2.23. The van der Waals surface area contributed by atoms with Gasteiger partial charge in [-0.25, -0.2) is 0 Å². The van der Waals surface area contributed by atoms with Gasteiger partial charge in [-0.1, -0.05) is 39.5 Å². The lowest BCUT2D eigenvalue weighted by Crippen LogP contribution is -2.35. The lowest BCUT2D eigenvalue weighted by Gasteiger charge is -2.18. The van der Waals surface area contributed by atoms with Crippen molar-refractivity contribution in [1.29, 1.82) is 0 Å². The molecule has 0 aromatic rings. The molecule has 0 bridgehead atoms. The number of rotatable bonds is 12. The van der Waals surface area contributed by atoms with Crippen LogP contribution in [0.25, 0.3) is 0 Å². The lowest BCUT2D eigenvalue weighted by atomic mass is 10.1. The highest BCUT2D eigenvalue weighted by Gasteiger charge is 2.23. The fourth-order valence-electron chi connectivity index (χ4n) is 3.07. The maximum Gasteiger partial charge on any atom is 0.229 e. The number of carbonyl (C=O) groups is 2. The van der Waals surface area contributed by atoms with E-state index in [0.717, 1.165) is 30.9 Å². The molecule has 134 valence electrons. The maximum atomic E-state index is 11.9. The number of hydrogen-bond donors (Lipinski definition) is 0. The molecule has 1 aliphatic rings. The second kappa shape index (κ2) is 12.9. The van der Waals surface area contributed by atoms with E-state index >= 15 is 0 Å². The fourth-order valence-corrected chi connectivity index (χ4v) is 4.51. The molecule has 3 nitrogen and oxygen atoms in total. The van der Waals surface area contributed by atoms with Crippen LogP contribution in [-0.4, -0.2) is 34.3 Å². The van der Waals surface area contributed by atoms with Crippen LogP contribution in [0.2, 0.25) is 0 Å². The van der Waals surface area contributed by atoms with E-state index in [2.05, 4.69) is 25.6 Å². The number of unbranched alkanes of at least 4 members (excludes halogenated alkanes) is 3. The molecule has 1 fully saturated rings. The fraction of sp³-hybridized carbons (Fsp3) is 0.895. The topological polar surface area (TPSA) is 37.4 Å². The van der Waals surface area contributed by atoms with Gasteiger partial charge in [0, 0.05) is 24.6 Å². The summed E-state index contributed by atoms with van der Waals surface area (Å²) in [5.74, 6) is 1.31. The minimum atomic E-state index is 0.0458. The molecule has 1 unspecified atom stereocenters. The van der Waals surface area contributed by atoms with Gasteiger partial charge in [-0.2, -0.15) is 11.8 Å². The third-order valence-electron chi connectivity index (χ3n) is 4.50. The number of hydrogen-bond acceptors (Lipinski definition) is 3. The van der Waals surface area contributed by atoms with Crippen LogP contribution in [0.15, 0.2) is 0 Å². The SMILES string of the molecule is CCCCC(CCC)SCCCCCN1C(=O)CCCCC1=O. The normalized spacial score (nSPS) is 17.4. The third kappa shape index (κ3) is 8.78.